The van der Waals surface area contributed by atoms with Gasteiger partial charge >= 0.3 is 6.18 Å². The molecule has 244 valence electrons. The van der Waals surface area contributed by atoms with Crippen LogP contribution in [0.25, 0.3) is 0 Å². The van der Waals surface area contributed by atoms with Gasteiger partial charge < -0.3 is 19.1 Å². The maximum Gasteiger partial charge on any atom is 0.417 e. The Kier molecular flexibility index (Phi) is 7.79. The van der Waals surface area contributed by atoms with Crippen LogP contribution in [0.1, 0.15) is 136 Å². The predicted octanol–water partition coefficient (Wildman–Crippen LogP) is 8.64. The minimum atomic E-state index is -4.66. The number of hydrogen-bond donors (Lipinski definition) is 0. The number of aromatic nitrogens is 1. The van der Waals surface area contributed by atoms with Gasteiger partial charge in [0.1, 0.15) is 6.10 Å². The Hall–Kier alpha value is -2.45. The Balaban J connectivity index is 1.64. The third-order valence-electron chi connectivity index (χ3n) is 11.4. The van der Waals surface area contributed by atoms with Gasteiger partial charge in [0, 0.05) is 44.0 Å². The highest BCUT2D eigenvalue weighted by Crippen LogP contribution is 2.61. The second-order valence-corrected chi connectivity index (χ2v) is 20.4. The summed E-state index contributed by atoms with van der Waals surface area (Å²) in [5.74, 6) is -0.174. The fourth-order valence-corrected chi connectivity index (χ4v) is 9.19. The van der Waals surface area contributed by atoms with Crippen LogP contribution < -0.4 is 4.73 Å². The average molecular weight is 643 g/mol. The number of benzene rings is 1. The van der Waals surface area contributed by atoms with Crippen LogP contribution in [0.4, 0.5) is 13.2 Å². The Morgan fingerprint density at radius 3 is 2.29 bits per heavy atom. The van der Waals surface area contributed by atoms with Gasteiger partial charge in [-0.2, -0.15) is 23.2 Å². The van der Waals surface area contributed by atoms with Gasteiger partial charge in [0.15, 0.2) is 14.0 Å². The standard InChI is InChI=1S/C35H45F3N2O4Si/c1-21(2)30-28-29(27-25(40(30)41)18-33(11-8-12-33)19-26(27)44-45(6,7)32(3,4)5)34(13-15-42-16-14-34)43-31(28)22-9-10-24(35(36,37)38)23(17-22)20-39/h9-10,17,21,26,31H,8,11-16,18-19H2,1-7H3. The van der Waals surface area contributed by atoms with Crippen molar-refractivity contribution < 1.29 is 31.8 Å². The number of rotatable bonds is 4. The molecule has 45 heavy (non-hydrogen) atoms. The zero-order chi connectivity index (χ0) is 32.7. The minimum Gasteiger partial charge on any atom is -0.618 e. The first-order valence-electron chi connectivity index (χ1n) is 16.3. The van der Waals surface area contributed by atoms with Crippen LogP contribution in [-0.2, 0) is 32.1 Å². The van der Waals surface area contributed by atoms with Gasteiger partial charge in [0.05, 0.1) is 40.0 Å². The SMILES string of the molecule is CC(C)c1c2c(c3c([n+]1[O-])CC1(CCC1)CC3O[Si](C)(C)C(C)(C)C)C1(CCOCC1)OC2c1ccc(C(F)(F)F)c(C#N)c1. The molecule has 2 atom stereocenters. The Bertz CT molecular complexity index is 1550. The predicted molar refractivity (Wildman–Crippen MR) is 166 cm³/mol. The molecular formula is C35H45F3N2O4Si. The number of halogens is 3. The fraction of sp³-hybridized carbons (Fsp3) is 0.657. The van der Waals surface area contributed by atoms with Crippen molar-refractivity contribution in [3.8, 4) is 6.07 Å². The molecule has 0 N–H and O–H groups in total. The van der Waals surface area contributed by atoms with E-state index in [1.54, 1.807) is 6.07 Å². The van der Waals surface area contributed by atoms with Crippen molar-refractivity contribution in [3.63, 3.8) is 0 Å². The highest BCUT2D eigenvalue weighted by atomic mass is 28.4. The number of nitrogens with zero attached hydrogens (tertiary/aromatic N) is 2. The van der Waals surface area contributed by atoms with Crippen molar-refractivity contribution in [3.05, 3.63) is 68.2 Å². The minimum absolute atomic E-state index is 0.0332. The van der Waals surface area contributed by atoms with Gasteiger partial charge in [-0.1, -0.05) is 47.1 Å². The molecule has 1 saturated heterocycles. The number of ether oxygens (including phenoxy) is 2. The Morgan fingerprint density at radius 2 is 1.76 bits per heavy atom. The normalized spacial score (nSPS) is 24.0. The summed E-state index contributed by atoms with van der Waals surface area (Å²) in [5.41, 5.74) is 2.28. The average Bonchev–Trinajstić information content (AvgIpc) is 3.24. The molecule has 0 amide bonds. The summed E-state index contributed by atoms with van der Waals surface area (Å²) in [6, 6.07) is 5.41. The molecule has 0 radical (unpaired) electrons. The fourth-order valence-electron chi connectivity index (χ4n) is 7.92. The second kappa shape index (κ2) is 10.8. The highest BCUT2D eigenvalue weighted by Gasteiger charge is 2.58. The van der Waals surface area contributed by atoms with Crippen LogP contribution in [0.3, 0.4) is 0 Å². The van der Waals surface area contributed by atoms with Crippen LogP contribution in [-0.4, -0.2) is 21.5 Å². The Morgan fingerprint density at radius 1 is 1.09 bits per heavy atom. The number of pyridine rings is 1. The molecule has 2 spiro atoms. The maximum absolute atomic E-state index is 14.7. The topological polar surface area (TPSA) is 78.4 Å². The largest absolute Gasteiger partial charge is 0.618 e. The van der Waals surface area contributed by atoms with Gasteiger partial charge in [0.25, 0.3) is 0 Å². The molecule has 3 heterocycles. The van der Waals surface area contributed by atoms with E-state index in [-0.39, 0.29) is 22.5 Å². The van der Waals surface area contributed by atoms with E-state index in [1.807, 2.05) is 13.8 Å². The highest BCUT2D eigenvalue weighted by molar-refractivity contribution is 6.74. The zero-order valence-electron chi connectivity index (χ0n) is 27.5. The summed E-state index contributed by atoms with van der Waals surface area (Å²) in [5, 5.41) is 24.4. The molecule has 0 bridgehead atoms. The van der Waals surface area contributed by atoms with E-state index in [9.17, 15) is 23.6 Å². The third kappa shape index (κ3) is 5.22. The van der Waals surface area contributed by atoms with Gasteiger partial charge in [-0.05, 0) is 60.5 Å². The summed E-state index contributed by atoms with van der Waals surface area (Å²) in [6.07, 6.45) is 0.189. The molecule has 2 fully saturated rings. The van der Waals surface area contributed by atoms with Gasteiger partial charge in [0.2, 0.25) is 5.69 Å². The lowest BCUT2D eigenvalue weighted by Gasteiger charge is -2.50. The third-order valence-corrected chi connectivity index (χ3v) is 15.9. The maximum atomic E-state index is 14.7. The van der Waals surface area contributed by atoms with Gasteiger partial charge in [-0.3, -0.25) is 0 Å². The molecule has 1 aromatic heterocycles. The summed E-state index contributed by atoms with van der Waals surface area (Å²) < 4.78 is 62.6. The number of alkyl halides is 3. The monoisotopic (exact) mass is 642 g/mol. The van der Waals surface area contributed by atoms with Crippen molar-refractivity contribution in [1.29, 1.82) is 5.26 Å². The molecule has 6 rings (SSSR count). The molecule has 2 aliphatic heterocycles. The van der Waals surface area contributed by atoms with Crippen molar-refractivity contribution in [2.24, 2.45) is 5.41 Å². The quantitative estimate of drug-likeness (QED) is 0.190. The van der Waals surface area contributed by atoms with Crippen LogP contribution in [0.15, 0.2) is 18.2 Å². The summed E-state index contributed by atoms with van der Waals surface area (Å²) in [4.78, 5) is 0. The summed E-state index contributed by atoms with van der Waals surface area (Å²) >= 11 is 0. The lowest BCUT2D eigenvalue weighted by atomic mass is 9.58. The van der Waals surface area contributed by atoms with Crippen LogP contribution in [0.5, 0.6) is 0 Å². The number of nitriles is 1. The van der Waals surface area contributed by atoms with E-state index in [2.05, 4.69) is 33.9 Å². The van der Waals surface area contributed by atoms with Gasteiger partial charge in [-0.25, -0.2) is 0 Å². The lowest BCUT2D eigenvalue weighted by molar-refractivity contribution is -0.626. The van der Waals surface area contributed by atoms with E-state index in [1.165, 1.54) is 12.1 Å². The molecule has 2 aliphatic carbocycles. The second-order valence-electron chi connectivity index (χ2n) is 15.6. The number of hydrogen-bond acceptors (Lipinski definition) is 5. The van der Waals surface area contributed by atoms with E-state index >= 15 is 0 Å². The first-order valence-corrected chi connectivity index (χ1v) is 19.2. The van der Waals surface area contributed by atoms with E-state index in [0.29, 0.717) is 43.7 Å². The van der Waals surface area contributed by atoms with E-state index in [0.717, 1.165) is 58.9 Å². The molecule has 10 heteroatoms. The smallest absolute Gasteiger partial charge is 0.417 e. The van der Waals surface area contributed by atoms with Crippen molar-refractivity contribution in [1.82, 2.24) is 0 Å². The summed E-state index contributed by atoms with van der Waals surface area (Å²) in [6.45, 7) is 16.1. The van der Waals surface area contributed by atoms with Crippen LogP contribution in [0.2, 0.25) is 18.1 Å². The van der Waals surface area contributed by atoms with Crippen LogP contribution >= 0.6 is 0 Å². The van der Waals surface area contributed by atoms with Gasteiger partial charge in [-0.15, -0.1) is 0 Å². The van der Waals surface area contributed by atoms with Crippen molar-refractivity contribution in [2.75, 3.05) is 13.2 Å². The summed E-state index contributed by atoms with van der Waals surface area (Å²) in [7, 11) is -2.30. The molecule has 2 unspecified atom stereocenters. The van der Waals surface area contributed by atoms with Crippen molar-refractivity contribution >= 4 is 8.32 Å². The zero-order valence-corrected chi connectivity index (χ0v) is 28.5. The molecular weight excluding hydrogens is 597 g/mol. The first kappa shape index (κ1) is 32.5. The van der Waals surface area contributed by atoms with E-state index in [4.69, 9.17) is 13.9 Å². The van der Waals surface area contributed by atoms with Crippen molar-refractivity contribution in [2.45, 2.75) is 128 Å². The molecule has 6 nitrogen and oxygen atoms in total. The molecule has 1 aromatic carbocycles. The molecule has 4 aliphatic rings. The molecule has 2 aromatic rings. The molecule has 1 saturated carbocycles. The number of fused-ring (bicyclic) bond motifs is 4. The Labute approximate surface area is 265 Å². The van der Waals surface area contributed by atoms with E-state index < -0.39 is 37.3 Å². The lowest BCUT2D eigenvalue weighted by Crippen LogP contribution is -2.51. The van der Waals surface area contributed by atoms with Crippen LogP contribution in [0, 0.1) is 22.0 Å². The first-order chi connectivity index (χ1) is 20.9.